The Labute approximate surface area is 183 Å². The van der Waals surface area contributed by atoms with Crippen molar-refractivity contribution in [2.75, 3.05) is 0 Å². The molecule has 1 aromatic heterocycles. The molecule has 0 radical (unpaired) electrons. The summed E-state index contributed by atoms with van der Waals surface area (Å²) in [5.41, 5.74) is 12.5. The molecule has 3 rings (SSSR count). The standard InChI is InChI=1S/C25H28ClN3O/c1-16(2)9-24-23(5-4-8-28-24)19-10-17(3)11-20(12-19)25(30)29-15-21-13-22(26)7-6-18(21)14-27/h4-8,10-13,16H,9,14-15,27H2,1-3H3,(H,29,30). The minimum atomic E-state index is -0.128. The zero-order valence-electron chi connectivity index (χ0n) is 17.7. The number of pyridine rings is 1. The summed E-state index contributed by atoms with van der Waals surface area (Å²) in [5, 5.41) is 3.63. The Morgan fingerprint density at radius 1 is 1.13 bits per heavy atom. The lowest BCUT2D eigenvalue weighted by Crippen LogP contribution is -2.24. The van der Waals surface area contributed by atoms with Crippen molar-refractivity contribution in [1.29, 1.82) is 0 Å². The highest BCUT2D eigenvalue weighted by Gasteiger charge is 2.13. The second-order valence-electron chi connectivity index (χ2n) is 7.98. The maximum atomic E-state index is 12.9. The zero-order chi connectivity index (χ0) is 21.7. The highest BCUT2D eigenvalue weighted by molar-refractivity contribution is 6.30. The predicted molar refractivity (Wildman–Crippen MR) is 123 cm³/mol. The minimum Gasteiger partial charge on any atom is -0.348 e. The smallest absolute Gasteiger partial charge is 0.251 e. The van der Waals surface area contributed by atoms with Gasteiger partial charge in [0.1, 0.15) is 0 Å². The van der Waals surface area contributed by atoms with Crippen LogP contribution >= 0.6 is 11.6 Å². The minimum absolute atomic E-state index is 0.128. The summed E-state index contributed by atoms with van der Waals surface area (Å²) in [7, 11) is 0. The number of hydrogen-bond acceptors (Lipinski definition) is 3. The molecule has 0 bridgehead atoms. The van der Waals surface area contributed by atoms with Gasteiger partial charge in [-0.2, -0.15) is 0 Å². The van der Waals surface area contributed by atoms with Crippen molar-refractivity contribution < 1.29 is 4.79 Å². The van der Waals surface area contributed by atoms with Crippen molar-refractivity contribution in [3.63, 3.8) is 0 Å². The van der Waals surface area contributed by atoms with Gasteiger partial charge in [-0.3, -0.25) is 9.78 Å². The van der Waals surface area contributed by atoms with Crippen molar-refractivity contribution in [2.24, 2.45) is 11.7 Å². The summed E-state index contributed by atoms with van der Waals surface area (Å²) in [6.07, 6.45) is 2.72. The highest BCUT2D eigenvalue weighted by Crippen LogP contribution is 2.26. The third kappa shape index (κ3) is 5.47. The van der Waals surface area contributed by atoms with E-state index in [9.17, 15) is 4.79 Å². The van der Waals surface area contributed by atoms with Crippen LogP contribution in [-0.4, -0.2) is 10.9 Å². The van der Waals surface area contributed by atoms with Crippen molar-refractivity contribution >= 4 is 17.5 Å². The van der Waals surface area contributed by atoms with E-state index >= 15 is 0 Å². The predicted octanol–water partition coefficient (Wildman–Crippen LogP) is 5.30. The lowest BCUT2D eigenvalue weighted by Gasteiger charge is -2.14. The lowest BCUT2D eigenvalue weighted by atomic mass is 9.95. The molecule has 4 nitrogen and oxygen atoms in total. The molecule has 0 aliphatic heterocycles. The van der Waals surface area contributed by atoms with Crippen LogP contribution < -0.4 is 11.1 Å². The van der Waals surface area contributed by atoms with Crippen LogP contribution in [0.4, 0.5) is 0 Å². The van der Waals surface area contributed by atoms with E-state index in [1.165, 1.54) is 0 Å². The topological polar surface area (TPSA) is 68.0 Å². The third-order valence-corrected chi connectivity index (χ3v) is 5.21. The van der Waals surface area contributed by atoms with Crippen LogP contribution in [0.25, 0.3) is 11.1 Å². The first-order chi connectivity index (χ1) is 14.4. The largest absolute Gasteiger partial charge is 0.348 e. The Hall–Kier alpha value is -2.69. The first-order valence-corrected chi connectivity index (χ1v) is 10.6. The number of carbonyl (C=O) groups excluding carboxylic acids is 1. The first-order valence-electron chi connectivity index (χ1n) is 10.2. The summed E-state index contributed by atoms with van der Waals surface area (Å²) in [6, 6.07) is 15.5. The SMILES string of the molecule is Cc1cc(C(=O)NCc2cc(Cl)ccc2CN)cc(-c2cccnc2CC(C)C)c1. The lowest BCUT2D eigenvalue weighted by molar-refractivity contribution is 0.0951. The molecule has 0 saturated heterocycles. The number of benzene rings is 2. The normalized spacial score (nSPS) is 11.0. The molecule has 5 heteroatoms. The number of amides is 1. The van der Waals surface area contributed by atoms with Gasteiger partial charge in [0.15, 0.2) is 0 Å². The van der Waals surface area contributed by atoms with Crippen LogP contribution in [-0.2, 0) is 19.5 Å². The summed E-state index contributed by atoms with van der Waals surface area (Å²) in [5.74, 6) is 0.373. The molecular weight excluding hydrogens is 394 g/mol. The quantitative estimate of drug-likeness (QED) is 0.544. The number of hydrogen-bond donors (Lipinski definition) is 2. The Kier molecular flexibility index (Phi) is 7.24. The van der Waals surface area contributed by atoms with Gasteiger partial charge >= 0.3 is 0 Å². The average molecular weight is 422 g/mol. The molecule has 156 valence electrons. The fourth-order valence-corrected chi connectivity index (χ4v) is 3.75. The molecule has 2 aromatic carbocycles. The fraction of sp³-hybridized carbons (Fsp3) is 0.280. The van der Waals surface area contributed by atoms with Crippen LogP contribution in [0.3, 0.4) is 0 Å². The van der Waals surface area contributed by atoms with Gasteiger partial charge in [0.2, 0.25) is 0 Å². The first kappa shape index (κ1) is 22.0. The van der Waals surface area contributed by atoms with Crippen LogP contribution in [0, 0.1) is 12.8 Å². The molecule has 0 saturated carbocycles. The van der Waals surface area contributed by atoms with E-state index in [1.807, 2.05) is 49.5 Å². The molecule has 3 N–H and O–H groups in total. The van der Waals surface area contributed by atoms with Gasteiger partial charge in [0.05, 0.1) is 0 Å². The van der Waals surface area contributed by atoms with Crippen LogP contribution in [0.15, 0.2) is 54.7 Å². The van der Waals surface area contributed by atoms with E-state index in [0.29, 0.717) is 29.6 Å². The second-order valence-corrected chi connectivity index (χ2v) is 8.42. The molecule has 1 amide bonds. The van der Waals surface area contributed by atoms with Crippen LogP contribution in [0.5, 0.6) is 0 Å². The van der Waals surface area contributed by atoms with Crippen molar-refractivity contribution in [2.45, 2.75) is 40.3 Å². The Balaban J connectivity index is 1.86. The van der Waals surface area contributed by atoms with Gasteiger partial charge in [0.25, 0.3) is 5.91 Å². The molecule has 0 aliphatic carbocycles. The number of aryl methyl sites for hydroxylation is 1. The molecule has 0 unspecified atom stereocenters. The van der Waals surface area contributed by atoms with Gasteiger partial charge in [-0.05, 0) is 71.8 Å². The van der Waals surface area contributed by atoms with Gasteiger partial charge < -0.3 is 11.1 Å². The number of halogens is 1. The van der Waals surface area contributed by atoms with E-state index in [4.69, 9.17) is 17.3 Å². The van der Waals surface area contributed by atoms with Crippen molar-refractivity contribution in [1.82, 2.24) is 10.3 Å². The molecule has 0 aliphatic rings. The zero-order valence-corrected chi connectivity index (χ0v) is 18.5. The summed E-state index contributed by atoms with van der Waals surface area (Å²) in [4.78, 5) is 17.5. The highest BCUT2D eigenvalue weighted by atomic mass is 35.5. The fourth-order valence-electron chi connectivity index (χ4n) is 3.56. The van der Waals surface area contributed by atoms with E-state index in [2.05, 4.69) is 36.3 Å². The number of carbonyl (C=O) groups is 1. The molecule has 0 atom stereocenters. The Bertz CT molecular complexity index is 1050. The van der Waals surface area contributed by atoms with Crippen LogP contribution in [0.2, 0.25) is 5.02 Å². The van der Waals surface area contributed by atoms with E-state index in [-0.39, 0.29) is 5.91 Å². The molecule has 30 heavy (non-hydrogen) atoms. The average Bonchev–Trinajstić information content (AvgIpc) is 2.71. The third-order valence-electron chi connectivity index (χ3n) is 4.97. The maximum Gasteiger partial charge on any atom is 0.251 e. The molecule has 0 spiro atoms. The van der Waals surface area contributed by atoms with Gasteiger partial charge in [0, 0.05) is 41.1 Å². The number of rotatable bonds is 7. The summed E-state index contributed by atoms with van der Waals surface area (Å²) >= 11 is 6.11. The van der Waals surface area contributed by atoms with Gasteiger partial charge in [-0.25, -0.2) is 0 Å². The molecule has 3 aromatic rings. The van der Waals surface area contributed by atoms with Crippen molar-refractivity contribution in [3.8, 4) is 11.1 Å². The van der Waals surface area contributed by atoms with Gasteiger partial charge in [-0.1, -0.05) is 43.6 Å². The second kappa shape index (κ2) is 9.88. The summed E-state index contributed by atoms with van der Waals surface area (Å²) < 4.78 is 0. The van der Waals surface area contributed by atoms with E-state index in [1.54, 1.807) is 0 Å². The van der Waals surface area contributed by atoms with Gasteiger partial charge in [-0.15, -0.1) is 0 Å². The summed E-state index contributed by atoms with van der Waals surface area (Å²) in [6.45, 7) is 7.14. The maximum absolute atomic E-state index is 12.9. The molecule has 0 fully saturated rings. The van der Waals surface area contributed by atoms with E-state index in [0.717, 1.165) is 39.9 Å². The number of nitrogens with two attached hydrogens (primary N) is 1. The number of nitrogens with one attached hydrogen (secondary N) is 1. The number of nitrogens with zero attached hydrogens (tertiary/aromatic N) is 1. The van der Waals surface area contributed by atoms with E-state index < -0.39 is 0 Å². The van der Waals surface area contributed by atoms with Crippen LogP contribution in [0.1, 0.15) is 46.6 Å². The number of aromatic nitrogens is 1. The Morgan fingerprint density at radius 3 is 2.67 bits per heavy atom. The molecular formula is C25H28ClN3O. The Morgan fingerprint density at radius 2 is 1.93 bits per heavy atom. The monoisotopic (exact) mass is 421 g/mol. The van der Waals surface area contributed by atoms with Crippen molar-refractivity contribution in [3.05, 3.63) is 87.7 Å². The molecule has 1 heterocycles.